The second kappa shape index (κ2) is 9.04. The van der Waals surface area contributed by atoms with E-state index in [4.69, 9.17) is 0 Å². The Hall–Kier alpha value is -3.27. The molecule has 156 valence electrons. The number of nitrogens with zero attached hydrogens (tertiary/aromatic N) is 1. The molecular weight excluding hydrogens is 391 g/mol. The molecule has 0 heterocycles. The summed E-state index contributed by atoms with van der Waals surface area (Å²) in [6.45, 7) is 1.92. The molecule has 0 spiro atoms. The van der Waals surface area contributed by atoms with Crippen LogP contribution in [0, 0.1) is 11.3 Å². The van der Waals surface area contributed by atoms with Crippen molar-refractivity contribution in [3.8, 4) is 6.07 Å². The fourth-order valence-corrected chi connectivity index (χ4v) is 3.45. The lowest BCUT2D eigenvalue weighted by molar-refractivity contribution is -0.137. The molecule has 4 nitrogen and oxygen atoms in total. The van der Waals surface area contributed by atoms with Gasteiger partial charge >= 0.3 is 6.18 Å². The largest absolute Gasteiger partial charge is 0.416 e. The van der Waals surface area contributed by atoms with Crippen LogP contribution in [0.2, 0.25) is 0 Å². The molecule has 1 aliphatic carbocycles. The molecular formula is C23H22F3N3O. The molecule has 0 aliphatic heterocycles. The van der Waals surface area contributed by atoms with Crippen LogP contribution in [0.1, 0.15) is 48.1 Å². The number of carbonyl (C=O) groups is 1. The normalized spacial score (nSPS) is 15.0. The first-order valence-electron chi connectivity index (χ1n) is 9.74. The van der Waals surface area contributed by atoms with Crippen LogP contribution in [-0.4, -0.2) is 5.91 Å². The molecule has 2 aromatic rings. The van der Waals surface area contributed by atoms with Gasteiger partial charge in [-0.1, -0.05) is 24.3 Å². The van der Waals surface area contributed by atoms with Gasteiger partial charge in [0.1, 0.15) is 11.6 Å². The van der Waals surface area contributed by atoms with Crippen LogP contribution in [0.3, 0.4) is 0 Å². The van der Waals surface area contributed by atoms with Gasteiger partial charge in [0, 0.05) is 17.9 Å². The van der Waals surface area contributed by atoms with Gasteiger partial charge in [-0.05, 0) is 67.5 Å². The van der Waals surface area contributed by atoms with Gasteiger partial charge < -0.3 is 10.6 Å². The predicted molar refractivity (Wildman–Crippen MR) is 108 cm³/mol. The van der Waals surface area contributed by atoms with Gasteiger partial charge in [-0.2, -0.15) is 18.4 Å². The second-order valence-electron chi connectivity index (χ2n) is 7.33. The van der Waals surface area contributed by atoms with Crippen molar-refractivity contribution in [2.75, 3.05) is 5.32 Å². The van der Waals surface area contributed by atoms with Crippen molar-refractivity contribution in [1.29, 1.82) is 5.26 Å². The summed E-state index contributed by atoms with van der Waals surface area (Å²) in [5.41, 5.74) is 2.62. The lowest BCUT2D eigenvalue weighted by atomic mass is 9.89. The van der Waals surface area contributed by atoms with Crippen LogP contribution in [0.15, 0.2) is 54.2 Å². The predicted octanol–water partition coefficient (Wildman–Crippen LogP) is 5.28. The molecule has 1 atom stereocenters. The van der Waals surface area contributed by atoms with Crippen LogP contribution in [0.5, 0.6) is 0 Å². The van der Waals surface area contributed by atoms with Crippen LogP contribution in [0.25, 0.3) is 0 Å². The SMILES string of the molecule is CC(N/C=C(/C#N)C(=O)Nc1cccc(C(F)(F)F)c1)c1ccc2c(c1)CCCC2. The molecule has 0 saturated heterocycles. The minimum atomic E-state index is -4.51. The Morgan fingerprint density at radius 3 is 2.57 bits per heavy atom. The Labute approximate surface area is 173 Å². The third-order valence-electron chi connectivity index (χ3n) is 5.16. The first-order valence-corrected chi connectivity index (χ1v) is 9.74. The highest BCUT2D eigenvalue weighted by Crippen LogP contribution is 2.30. The molecule has 1 amide bonds. The van der Waals surface area contributed by atoms with Crippen LogP contribution in [-0.2, 0) is 23.8 Å². The van der Waals surface area contributed by atoms with Gasteiger partial charge in [-0.3, -0.25) is 4.79 Å². The van der Waals surface area contributed by atoms with Crippen LogP contribution < -0.4 is 10.6 Å². The number of fused-ring (bicyclic) bond motifs is 1. The molecule has 2 aromatic carbocycles. The first-order chi connectivity index (χ1) is 14.3. The highest BCUT2D eigenvalue weighted by Gasteiger charge is 2.30. The summed E-state index contributed by atoms with van der Waals surface area (Å²) in [5, 5.41) is 14.7. The van der Waals surface area contributed by atoms with Gasteiger partial charge in [-0.25, -0.2) is 0 Å². The quantitative estimate of drug-likeness (QED) is 0.518. The molecule has 30 heavy (non-hydrogen) atoms. The Kier molecular flexibility index (Phi) is 6.46. The van der Waals surface area contributed by atoms with Crippen LogP contribution >= 0.6 is 0 Å². The van der Waals surface area contributed by atoms with Gasteiger partial charge in [0.15, 0.2) is 0 Å². The van der Waals surface area contributed by atoms with E-state index >= 15 is 0 Å². The molecule has 2 N–H and O–H groups in total. The van der Waals surface area contributed by atoms with E-state index in [1.54, 1.807) is 6.07 Å². The number of amides is 1. The van der Waals surface area contributed by atoms with Crippen molar-refractivity contribution in [2.45, 2.75) is 44.8 Å². The third-order valence-corrected chi connectivity index (χ3v) is 5.16. The number of aryl methyl sites for hydroxylation is 2. The summed E-state index contributed by atoms with van der Waals surface area (Å²) < 4.78 is 38.5. The number of carbonyl (C=O) groups excluding carboxylic acids is 1. The lowest BCUT2D eigenvalue weighted by Crippen LogP contribution is -2.19. The van der Waals surface area contributed by atoms with E-state index in [9.17, 15) is 23.2 Å². The van der Waals surface area contributed by atoms with Crippen molar-refractivity contribution in [2.24, 2.45) is 0 Å². The number of nitrogens with one attached hydrogen (secondary N) is 2. The Morgan fingerprint density at radius 2 is 1.87 bits per heavy atom. The molecule has 3 rings (SSSR count). The minimum absolute atomic E-state index is 0.0290. The summed E-state index contributed by atoms with van der Waals surface area (Å²) in [4.78, 5) is 12.3. The Morgan fingerprint density at radius 1 is 1.13 bits per heavy atom. The average Bonchev–Trinajstić information content (AvgIpc) is 2.73. The van der Waals surface area contributed by atoms with Crippen molar-refractivity contribution < 1.29 is 18.0 Å². The number of anilines is 1. The van der Waals surface area contributed by atoms with Gasteiger partial charge in [0.25, 0.3) is 5.91 Å². The zero-order chi connectivity index (χ0) is 21.7. The van der Waals surface area contributed by atoms with E-state index in [0.717, 1.165) is 30.5 Å². The first kappa shape index (κ1) is 21.4. The molecule has 0 radical (unpaired) electrons. The van der Waals surface area contributed by atoms with Crippen LogP contribution in [0.4, 0.5) is 18.9 Å². The standard InChI is InChI=1S/C23H22F3N3O/c1-15(17-10-9-16-5-2-3-6-18(16)11-17)28-14-19(13-27)22(30)29-21-8-4-7-20(12-21)23(24,25)26/h4,7-12,14-15,28H,2-3,5-6H2,1H3,(H,29,30)/b19-14-. The highest BCUT2D eigenvalue weighted by molar-refractivity contribution is 6.06. The molecule has 0 aromatic heterocycles. The monoisotopic (exact) mass is 413 g/mol. The lowest BCUT2D eigenvalue weighted by Gasteiger charge is -2.19. The molecule has 7 heteroatoms. The summed E-state index contributed by atoms with van der Waals surface area (Å²) in [5.74, 6) is -0.776. The summed E-state index contributed by atoms with van der Waals surface area (Å²) in [6.07, 6.45) is 1.30. The molecule has 0 fully saturated rings. The number of alkyl halides is 3. The van der Waals surface area contributed by atoms with E-state index in [-0.39, 0.29) is 17.3 Å². The zero-order valence-corrected chi connectivity index (χ0v) is 16.5. The van der Waals surface area contributed by atoms with Crippen molar-refractivity contribution >= 4 is 11.6 Å². The number of benzene rings is 2. The van der Waals surface area contributed by atoms with Gasteiger partial charge in [-0.15, -0.1) is 0 Å². The zero-order valence-electron chi connectivity index (χ0n) is 16.5. The van der Waals surface area contributed by atoms with E-state index in [1.807, 2.05) is 13.0 Å². The minimum Gasteiger partial charge on any atom is -0.383 e. The summed E-state index contributed by atoms with van der Waals surface area (Å²) >= 11 is 0. The number of hydrogen-bond donors (Lipinski definition) is 2. The molecule has 1 unspecified atom stereocenters. The second-order valence-corrected chi connectivity index (χ2v) is 7.33. The highest BCUT2D eigenvalue weighted by atomic mass is 19.4. The number of rotatable bonds is 5. The summed E-state index contributed by atoms with van der Waals surface area (Å²) in [7, 11) is 0. The smallest absolute Gasteiger partial charge is 0.383 e. The average molecular weight is 413 g/mol. The fraction of sp³-hybridized carbons (Fsp3) is 0.304. The maximum Gasteiger partial charge on any atom is 0.416 e. The van der Waals surface area contributed by atoms with Crippen molar-refractivity contribution in [3.05, 3.63) is 76.5 Å². The number of halogens is 3. The Balaban J connectivity index is 1.68. The van der Waals surface area contributed by atoms with E-state index in [1.165, 1.54) is 42.3 Å². The van der Waals surface area contributed by atoms with Gasteiger partial charge in [0.05, 0.1) is 5.56 Å². The van der Waals surface area contributed by atoms with E-state index in [0.29, 0.717) is 0 Å². The number of hydrogen-bond acceptors (Lipinski definition) is 3. The third kappa shape index (κ3) is 5.20. The number of nitriles is 1. The van der Waals surface area contributed by atoms with Crippen molar-refractivity contribution in [1.82, 2.24) is 5.32 Å². The van der Waals surface area contributed by atoms with E-state index < -0.39 is 17.6 Å². The van der Waals surface area contributed by atoms with E-state index in [2.05, 4.69) is 22.8 Å². The van der Waals surface area contributed by atoms with Crippen molar-refractivity contribution in [3.63, 3.8) is 0 Å². The van der Waals surface area contributed by atoms with Gasteiger partial charge in [0.2, 0.25) is 0 Å². The topological polar surface area (TPSA) is 64.9 Å². The maximum absolute atomic E-state index is 12.8. The molecule has 0 bridgehead atoms. The Bertz CT molecular complexity index is 1010. The molecule has 0 saturated carbocycles. The molecule has 1 aliphatic rings. The fourth-order valence-electron chi connectivity index (χ4n) is 3.45. The maximum atomic E-state index is 12.8. The summed E-state index contributed by atoms with van der Waals surface area (Å²) in [6, 6.07) is 12.2.